The van der Waals surface area contributed by atoms with E-state index in [4.69, 9.17) is 0 Å². The number of fused-ring (bicyclic) bond motifs is 1. The van der Waals surface area contributed by atoms with Crippen molar-refractivity contribution in [3.63, 3.8) is 0 Å². The van der Waals surface area contributed by atoms with Gasteiger partial charge in [0.05, 0.1) is 11.0 Å². The predicted molar refractivity (Wildman–Crippen MR) is 99.2 cm³/mol. The number of amides is 1. The van der Waals surface area contributed by atoms with Crippen molar-refractivity contribution in [2.24, 2.45) is 5.92 Å². The zero-order valence-electron chi connectivity index (χ0n) is 15.0. The van der Waals surface area contributed by atoms with Crippen molar-refractivity contribution in [3.05, 3.63) is 34.4 Å². The van der Waals surface area contributed by atoms with Gasteiger partial charge in [0.15, 0.2) is 0 Å². The first kappa shape index (κ1) is 17.3. The zero-order valence-corrected chi connectivity index (χ0v) is 15.0. The van der Waals surface area contributed by atoms with Crippen molar-refractivity contribution >= 4 is 17.3 Å². The molecule has 4 rings (SSSR count). The number of carbonyl (C=O) groups is 1. The lowest BCUT2D eigenvalue weighted by Crippen LogP contribution is -2.53. The second kappa shape index (κ2) is 7.23. The van der Waals surface area contributed by atoms with Crippen LogP contribution in [0.15, 0.2) is 24.3 Å². The molecule has 0 spiro atoms. The molecule has 1 aromatic carbocycles. The van der Waals surface area contributed by atoms with E-state index in [0.717, 1.165) is 6.42 Å². The van der Waals surface area contributed by atoms with E-state index < -0.39 is 0 Å². The first-order valence-electron chi connectivity index (χ1n) is 9.66. The number of hydrogen-bond donors (Lipinski definition) is 1. The van der Waals surface area contributed by atoms with E-state index in [-0.39, 0.29) is 22.6 Å². The highest BCUT2D eigenvalue weighted by Gasteiger charge is 2.40. The molecule has 0 radical (unpaired) electrons. The number of hydrogen-bond acceptors (Lipinski definition) is 5. The van der Waals surface area contributed by atoms with Crippen LogP contribution in [0.25, 0.3) is 0 Å². The summed E-state index contributed by atoms with van der Waals surface area (Å²) in [5.74, 6) is 0.868. The number of piperazine rings is 1. The van der Waals surface area contributed by atoms with Gasteiger partial charge in [-0.15, -0.1) is 0 Å². The Morgan fingerprint density at radius 2 is 1.85 bits per heavy atom. The molecule has 2 saturated heterocycles. The van der Waals surface area contributed by atoms with Crippen LogP contribution in [0.4, 0.5) is 11.4 Å². The van der Waals surface area contributed by atoms with Gasteiger partial charge in [0.25, 0.3) is 5.69 Å². The number of anilines is 1. The molecule has 3 unspecified atom stereocenters. The minimum absolute atomic E-state index is 0.0410. The van der Waals surface area contributed by atoms with Crippen molar-refractivity contribution < 1.29 is 9.72 Å². The molecule has 1 aromatic rings. The lowest BCUT2D eigenvalue weighted by Gasteiger charge is -2.37. The van der Waals surface area contributed by atoms with Gasteiger partial charge in [0, 0.05) is 38.3 Å². The van der Waals surface area contributed by atoms with Crippen LogP contribution in [0.5, 0.6) is 0 Å². The summed E-state index contributed by atoms with van der Waals surface area (Å²) < 4.78 is 0. The molecule has 1 aliphatic carbocycles. The van der Waals surface area contributed by atoms with Crippen LogP contribution in [0.1, 0.15) is 32.1 Å². The summed E-state index contributed by atoms with van der Waals surface area (Å²) in [4.78, 5) is 27.8. The summed E-state index contributed by atoms with van der Waals surface area (Å²) >= 11 is 0. The SMILES string of the molecule is O=C(C1CC2CCCCC2N1)N1CCN(c2ccccc2[N+](=O)[O-])CC1. The normalized spacial score (nSPS) is 28.7. The van der Waals surface area contributed by atoms with E-state index >= 15 is 0 Å². The Morgan fingerprint density at radius 3 is 2.58 bits per heavy atom. The maximum Gasteiger partial charge on any atom is 0.292 e. The highest BCUT2D eigenvalue weighted by atomic mass is 16.6. The Bertz CT molecular complexity index is 673. The summed E-state index contributed by atoms with van der Waals surface area (Å²) in [7, 11) is 0. The molecule has 7 heteroatoms. The summed E-state index contributed by atoms with van der Waals surface area (Å²) in [6, 6.07) is 7.32. The Kier molecular flexibility index (Phi) is 4.80. The van der Waals surface area contributed by atoms with Crippen molar-refractivity contribution in [1.29, 1.82) is 0 Å². The molecule has 140 valence electrons. The summed E-state index contributed by atoms with van der Waals surface area (Å²) in [5, 5.41) is 14.8. The summed E-state index contributed by atoms with van der Waals surface area (Å²) in [6.45, 7) is 2.52. The average molecular weight is 358 g/mol. The molecule has 26 heavy (non-hydrogen) atoms. The molecular weight excluding hydrogens is 332 g/mol. The standard InChI is InChI=1S/C19H26N4O3/c24-19(16-13-14-5-1-2-6-15(14)20-16)22-11-9-21(10-12-22)17-7-3-4-8-18(17)23(25)26/h3-4,7-8,14-16,20H,1-2,5-6,9-13H2. The third kappa shape index (κ3) is 3.28. The Hall–Kier alpha value is -2.15. The van der Waals surface area contributed by atoms with Crippen LogP contribution in [0.3, 0.4) is 0 Å². The van der Waals surface area contributed by atoms with E-state index in [1.54, 1.807) is 12.1 Å². The number of rotatable bonds is 3. The zero-order chi connectivity index (χ0) is 18.1. The van der Waals surface area contributed by atoms with Crippen LogP contribution < -0.4 is 10.2 Å². The lowest BCUT2D eigenvalue weighted by molar-refractivity contribution is -0.384. The summed E-state index contributed by atoms with van der Waals surface area (Å²) in [6.07, 6.45) is 5.96. The number of para-hydroxylation sites is 2. The molecule has 1 saturated carbocycles. The maximum atomic E-state index is 12.9. The fourth-order valence-electron chi connectivity index (χ4n) is 4.78. The van der Waals surface area contributed by atoms with E-state index in [1.807, 2.05) is 15.9 Å². The number of nitrogens with zero attached hydrogens (tertiary/aromatic N) is 3. The average Bonchev–Trinajstić information content (AvgIpc) is 3.12. The Labute approximate surface area is 153 Å². The molecule has 0 aromatic heterocycles. The fraction of sp³-hybridized carbons (Fsp3) is 0.632. The van der Waals surface area contributed by atoms with Gasteiger partial charge >= 0.3 is 0 Å². The van der Waals surface area contributed by atoms with Gasteiger partial charge in [-0.25, -0.2) is 0 Å². The van der Waals surface area contributed by atoms with E-state index in [2.05, 4.69) is 5.32 Å². The lowest BCUT2D eigenvalue weighted by atomic mass is 9.85. The third-order valence-electron chi connectivity index (χ3n) is 6.17. The van der Waals surface area contributed by atoms with Crippen LogP contribution in [-0.4, -0.2) is 54.0 Å². The molecule has 2 aliphatic heterocycles. The number of nitrogens with one attached hydrogen (secondary N) is 1. The Morgan fingerprint density at radius 1 is 1.12 bits per heavy atom. The van der Waals surface area contributed by atoms with Crippen molar-refractivity contribution in [1.82, 2.24) is 10.2 Å². The topological polar surface area (TPSA) is 78.7 Å². The van der Waals surface area contributed by atoms with Gasteiger partial charge in [-0.2, -0.15) is 0 Å². The van der Waals surface area contributed by atoms with Gasteiger partial charge in [0.2, 0.25) is 5.91 Å². The van der Waals surface area contributed by atoms with Gasteiger partial charge in [-0.3, -0.25) is 14.9 Å². The second-order valence-electron chi connectivity index (χ2n) is 7.66. The largest absolute Gasteiger partial charge is 0.362 e. The van der Waals surface area contributed by atoms with E-state index in [0.29, 0.717) is 43.8 Å². The van der Waals surface area contributed by atoms with E-state index in [1.165, 1.54) is 31.7 Å². The summed E-state index contributed by atoms with van der Waals surface area (Å²) in [5.41, 5.74) is 0.781. The molecule has 3 fully saturated rings. The molecule has 2 heterocycles. The fourth-order valence-corrected chi connectivity index (χ4v) is 4.78. The van der Waals surface area contributed by atoms with Gasteiger partial charge in [0.1, 0.15) is 5.69 Å². The second-order valence-corrected chi connectivity index (χ2v) is 7.66. The minimum atomic E-state index is -0.336. The predicted octanol–water partition coefficient (Wildman–Crippen LogP) is 2.16. The quantitative estimate of drug-likeness (QED) is 0.662. The van der Waals surface area contributed by atoms with Gasteiger partial charge in [-0.05, 0) is 31.2 Å². The van der Waals surface area contributed by atoms with Crippen molar-refractivity contribution in [3.8, 4) is 0 Å². The molecular formula is C19H26N4O3. The van der Waals surface area contributed by atoms with Crippen LogP contribution in [0, 0.1) is 16.0 Å². The molecule has 3 aliphatic rings. The minimum Gasteiger partial charge on any atom is -0.362 e. The molecule has 0 bridgehead atoms. The monoisotopic (exact) mass is 358 g/mol. The van der Waals surface area contributed by atoms with Crippen LogP contribution in [0.2, 0.25) is 0 Å². The van der Waals surface area contributed by atoms with Crippen LogP contribution >= 0.6 is 0 Å². The van der Waals surface area contributed by atoms with Crippen molar-refractivity contribution in [2.45, 2.75) is 44.2 Å². The number of nitro benzene ring substituents is 1. The maximum absolute atomic E-state index is 12.9. The number of nitro groups is 1. The van der Waals surface area contributed by atoms with Crippen LogP contribution in [-0.2, 0) is 4.79 Å². The number of carbonyl (C=O) groups excluding carboxylic acids is 1. The smallest absolute Gasteiger partial charge is 0.292 e. The van der Waals surface area contributed by atoms with Gasteiger partial charge < -0.3 is 15.1 Å². The molecule has 7 nitrogen and oxygen atoms in total. The highest BCUT2D eigenvalue weighted by molar-refractivity contribution is 5.82. The molecule has 1 amide bonds. The van der Waals surface area contributed by atoms with Gasteiger partial charge in [-0.1, -0.05) is 25.0 Å². The third-order valence-corrected chi connectivity index (χ3v) is 6.17. The Balaban J connectivity index is 1.37. The van der Waals surface area contributed by atoms with E-state index in [9.17, 15) is 14.9 Å². The number of benzene rings is 1. The molecule has 1 N–H and O–H groups in total. The highest BCUT2D eigenvalue weighted by Crippen LogP contribution is 2.34. The van der Waals surface area contributed by atoms with Crippen molar-refractivity contribution in [2.75, 3.05) is 31.1 Å². The first-order chi connectivity index (χ1) is 12.6. The molecule has 3 atom stereocenters. The first-order valence-corrected chi connectivity index (χ1v) is 9.66.